The maximum atomic E-state index is 12.4. The van der Waals surface area contributed by atoms with Gasteiger partial charge in [0.1, 0.15) is 0 Å². The first kappa shape index (κ1) is 20.5. The number of hydrogen-bond acceptors (Lipinski definition) is 3. The maximum Gasteiger partial charge on any atom is 0.214 e. The van der Waals surface area contributed by atoms with Crippen LogP contribution in [0.25, 0.3) is 0 Å². The molecule has 0 radical (unpaired) electrons. The van der Waals surface area contributed by atoms with E-state index in [0.717, 1.165) is 42.7 Å². The minimum atomic E-state index is -3.19. The lowest BCUT2D eigenvalue weighted by molar-refractivity contribution is 0.106. The van der Waals surface area contributed by atoms with E-state index >= 15 is 0 Å². The lowest BCUT2D eigenvalue weighted by atomic mass is 9.88. The zero-order valence-electron chi connectivity index (χ0n) is 17.2. The van der Waals surface area contributed by atoms with Gasteiger partial charge in [-0.05, 0) is 79.6 Å². The highest BCUT2D eigenvalue weighted by Gasteiger charge is 2.38. The minimum Gasteiger partial charge on any atom is -0.299 e. The second-order valence-corrected chi connectivity index (χ2v) is 11.5. The minimum absolute atomic E-state index is 0.196. The van der Waals surface area contributed by atoms with Crippen molar-refractivity contribution in [2.75, 3.05) is 13.1 Å². The molecule has 5 rings (SSSR count). The second kappa shape index (κ2) is 8.27. The van der Waals surface area contributed by atoms with Crippen molar-refractivity contribution < 1.29 is 8.42 Å². The van der Waals surface area contributed by atoms with Crippen molar-refractivity contribution in [1.29, 1.82) is 0 Å². The zero-order chi connectivity index (χ0) is 20.7. The average molecular weight is 445 g/mol. The van der Waals surface area contributed by atoms with E-state index in [2.05, 4.69) is 40.0 Å². The van der Waals surface area contributed by atoms with Gasteiger partial charge in [-0.25, -0.2) is 13.1 Å². The predicted octanol–water partition coefficient (Wildman–Crippen LogP) is 4.27. The van der Waals surface area contributed by atoms with Crippen LogP contribution in [0.2, 0.25) is 5.02 Å². The largest absolute Gasteiger partial charge is 0.299 e. The first-order valence-electron chi connectivity index (χ1n) is 11.1. The van der Waals surface area contributed by atoms with Gasteiger partial charge in [-0.15, -0.1) is 0 Å². The molecule has 1 aliphatic heterocycles. The van der Waals surface area contributed by atoms with Crippen molar-refractivity contribution >= 4 is 21.6 Å². The Morgan fingerprint density at radius 1 is 1.03 bits per heavy atom. The fraction of sp³-hybridized carbons (Fsp3) is 0.500. The van der Waals surface area contributed by atoms with Gasteiger partial charge in [0.2, 0.25) is 10.0 Å². The monoisotopic (exact) mass is 444 g/mol. The van der Waals surface area contributed by atoms with Crippen LogP contribution in [-0.4, -0.2) is 37.7 Å². The summed E-state index contributed by atoms with van der Waals surface area (Å²) in [5.74, 6) is 0.418. The molecule has 2 unspecified atom stereocenters. The summed E-state index contributed by atoms with van der Waals surface area (Å²) in [4.78, 5) is 2.61. The van der Waals surface area contributed by atoms with Crippen molar-refractivity contribution in [1.82, 2.24) is 9.62 Å². The molecule has 0 amide bonds. The molecule has 6 heteroatoms. The van der Waals surface area contributed by atoms with Crippen molar-refractivity contribution in [2.45, 2.75) is 62.3 Å². The molecule has 160 valence electrons. The number of benzene rings is 2. The van der Waals surface area contributed by atoms with Crippen molar-refractivity contribution in [3.8, 4) is 0 Å². The summed E-state index contributed by atoms with van der Waals surface area (Å²) in [5, 5.41) is 0.587. The summed E-state index contributed by atoms with van der Waals surface area (Å²) in [6, 6.07) is 15.3. The van der Waals surface area contributed by atoms with Gasteiger partial charge in [0.05, 0.1) is 5.25 Å². The predicted molar refractivity (Wildman–Crippen MR) is 121 cm³/mol. The smallest absolute Gasteiger partial charge is 0.214 e. The first-order chi connectivity index (χ1) is 14.5. The Hall–Kier alpha value is -1.40. The van der Waals surface area contributed by atoms with Crippen LogP contribution in [0.15, 0.2) is 42.5 Å². The van der Waals surface area contributed by atoms with E-state index in [-0.39, 0.29) is 5.25 Å². The Balaban J connectivity index is 1.38. The average Bonchev–Trinajstić information content (AvgIpc) is 2.94. The molecule has 3 aliphatic rings. The van der Waals surface area contributed by atoms with E-state index in [0.29, 0.717) is 18.5 Å². The lowest BCUT2D eigenvalue weighted by Crippen LogP contribution is -2.47. The van der Waals surface area contributed by atoms with E-state index in [1.165, 1.54) is 36.2 Å². The molecule has 0 aromatic heterocycles. The number of sulfonamides is 1. The van der Waals surface area contributed by atoms with Gasteiger partial charge in [-0.3, -0.25) is 4.90 Å². The summed E-state index contributed by atoms with van der Waals surface area (Å²) in [7, 11) is -3.19. The molecule has 0 spiro atoms. The van der Waals surface area contributed by atoms with E-state index < -0.39 is 10.0 Å². The third-order valence-corrected chi connectivity index (χ3v) is 9.31. The highest BCUT2D eigenvalue weighted by Crippen LogP contribution is 2.41. The summed E-state index contributed by atoms with van der Waals surface area (Å²) >= 11 is 6.24. The molecule has 30 heavy (non-hydrogen) atoms. The molecule has 1 heterocycles. The molecule has 4 nitrogen and oxygen atoms in total. The maximum absolute atomic E-state index is 12.4. The van der Waals surface area contributed by atoms with Gasteiger partial charge in [0.15, 0.2) is 0 Å². The standard InChI is InChI=1S/C24H29ClN2O2S/c25-20-5-1-4-17(12-20)13-23-22-14-18(16-26-30(28,29)21-6-2-7-21)8-9-19(22)15-24(23)27-10-3-11-27/h1,4-5,8-9,12,14,21,23-24,26H,2-3,6-7,10-11,13,15-16H2. The van der Waals surface area contributed by atoms with Gasteiger partial charge in [0.25, 0.3) is 0 Å². The number of nitrogens with zero attached hydrogens (tertiary/aromatic N) is 1. The quantitative estimate of drug-likeness (QED) is 0.693. The Kier molecular flexibility index (Phi) is 5.65. The SMILES string of the molecule is O=S(=O)(NCc1ccc2c(c1)C(Cc1cccc(Cl)c1)C(N1CCC1)C2)C1CCC1. The Labute approximate surface area is 184 Å². The van der Waals surface area contributed by atoms with Gasteiger partial charge in [-0.2, -0.15) is 0 Å². The van der Waals surface area contributed by atoms with Crippen LogP contribution in [-0.2, 0) is 29.4 Å². The van der Waals surface area contributed by atoms with Crippen molar-refractivity contribution in [3.63, 3.8) is 0 Å². The Morgan fingerprint density at radius 3 is 2.53 bits per heavy atom. The van der Waals surface area contributed by atoms with Crippen LogP contribution < -0.4 is 4.72 Å². The van der Waals surface area contributed by atoms with Gasteiger partial charge >= 0.3 is 0 Å². The molecule has 2 aromatic carbocycles. The number of halogens is 1. The molecule has 0 bridgehead atoms. The van der Waals surface area contributed by atoms with E-state index in [1.54, 1.807) is 0 Å². The van der Waals surface area contributed by atoms with Gasteiger partial charge in [-0.1, -0.05) is 48.4 Å². The molecule has 1 saturated heterocycles. The normalized spacial score (nSPS) is 24.3. The lowest BCUT2D eigenvalue weighted by Gasteiger charge is -2.39. The Bertz CT molecular complexity index is 1030. The highest BCUT2D eigenvalue weighted by molar-refractivity contribution is 7.90. The summed E-state index contributed by atoms with van der Waals surface area (Å²) in [6.45, 7) is 2.74. The molecular weight excluding hydrogens is 416 g/mol. The summed E-state index contributed by atoms with van der Waals surface area (Å²) < 4.78 is 27.7. The summed E-state index contributed by atoms with van der Waals surface area (Å²) in [5.41, 5.74) is 5.11. The zero-order valence-corrected chi connectivity index (χ0v) is 18.8. The number of rotatable bonds is 7. The van der Waals surface area contributed by atoms with Crippen LogP contribution in [0.4, 0.5) is 0 Å². The fourth-order valence-electron chi connectivity index (χ4n) is 5.06. The highest BCUT2D eigenvalue weighted by atomic mass is 35.5. The number of likely N-dealkylation sites (tertiary alicyclic amines) is 1. The van der Waals surface area contributed by atoms with Crippen LogP contribution >= 0.6 is 11.6 Å². The van der Waals surface area contributed by atoms with Crippen molar-refractivity contribution in [2.24, 2.45) is 0 Å². The third-order valence-electron chi connectivity index (χ3n) is 7.18. The van der Waals surface area contributed by atoms with Crippen molar-refractivity contribution in [3.05, 3.63) is 69.7 Å². The van der Waals surface area contributed by atoms with Crippen LogP contribution in [0.3, 0.4) is 0 Å². The number of nitrogens with one attached hydrogen (secondary N) is 1. The molecule has 2 aromatic rings. The Morgan fingerprint density at radius 2 is 1.87 bits per heavy atom. The van der Waals surface area contributed by atoms with Crippen LogP contribution in [0.5, 0.6) is 0 Å². The third kappa shape index (κ3) is 4.05. The molecule has 2 atom stereocenters. The number of fused-ring (bicyclic) bond motifs is 1. The molecule has 1 N–H and O–H groups in total. The summed E-state index contributed by atoms with van der Waals surface area (Å²) in [6.07, 6.45) is 5.93. The van der Waals surface area contributed by atoms with E-state index in [9.17, 15) is 8.42 Å². The van der Waals surface area contributed by atoms with Crippen LogP contribution in [0, 0.1) is 0 Å². The molecular formula is C24H29ClN2O2S. The molecule has 1 saturated carbocycles. The second-order valence-electron chi connectivity index (χ2n) is 9.05. The molecule has 2 aliphatic carbocycles. The number of hydrogen-bond donors (Lipinski definition) is 1. The van der Waals surface area contributed by atoms with E-state index in [4.69, 9.17) is 11.6 Å². The fourth-order valence-corrected chi connectivity index (χ4v) is 6.83. The van der Waals surface area contributed by atoms with Crippen LogP contribution in [0.1, 0.15) is 53.9 Å². The van der Waals surface area contributed by atoms with Gasteiger partial charge in [0, 0.05) is 23.5 Å². The molecule has 2 fully saturated rings. The van der Waals surface area contributed by atoms with Gasteiger partial charge < -0.3 is 0 Å². The first-order valence-corrected chi connectivity index (χ1v) is 13.0. The van der Waals surface area contributed by atoms with E-state index in [1.807, 2.05) is 12.1 Å². The topological polar surface area (TPSA) is 49.4 Å².